The fourth-order valence-corrected chi connectivity index (χ4v) is 4.31. The van der Waals surface area contributed by atoms with Gasteiger partial charge < -0.3 is 9.80 Å². The average Bonchev–Trinajstić information content (AvgIpc) is 2.61. The lowest BCUT2D eigenvalue weighted by atomic mass is 9.98. The van der Waals surface area contributed by atoms with Crippen molar-refractivity contribution in [2.45, 2.75) is 39.5 Å². The molecule has 6 heteroatoms. The van der Waals surface area contributed by atoms with Crippen molar-refractivity contribution in [3.8, 4) is 0 Å². The zero-order chi connectivity index (χ0) is 18.8. The molecule has 2 fully saturated rings. The van der Waals surface area contributed by atoms with Gasteiger partial charge in [-0.15, -0.1) is 0 Å². The fourth-order valence-electron chi connectivity index (χ4n) is 3.66. The van der Waals surface area contributed by atoms with Gasteiger partial charge in [-0.05, 0) is 49.7 Å². The molecule has 2 aliphatic rings. The predicted octanol–water partition coefficient (Wildman–Crippen LogP) is 4.74. The van der Waals surface area contributed by atoms with Gasteiger partial charge in [0.15, 0.2) is 0 Å². The van der Waals surface area contributed by atoms with Crippen molar-refractivity contribution >= 4 is 35.0 Å². The highest BCUT2D eigenvalue weighted by Gasteiger charge is 2.27. The molecule has 0 aliphatic carbocycles. The van der Waals surface area contributed by atoms with Crippen LogP contribution in [0.5, 0.6) is 0 Å². The van der Waals surface area contributed by atoms with Gasteiger partial charge in [0, 0.05) is 31.7 Å². The van der Waals surface area contributed by atoms with Crippen LogP contribution in [0.15, 0.2) is 12.1 Å². The van der Waals surface area contributed by atoms with Crippen molar-refractivity contribution in [3.63, 3.8) is 0 Å². The van der Waals surface area contributed by atoms with Crippen LogP contribution >= 0.6 is 23.2 Å². The van der Waals surface area contributed by atoms with Crippen molar-refractivity contribution in [1.82, 2.24) is 9.80 Å². The number of piperidine rings is 2. The van der Waals surface area contributed by atoms with Gasteiger partial charge in [0.2, 0.25) is 0 Å². The lowest BCUT2D eigenvalue weighted by Crippen LogP contribution is -2.39. The molecule has 0 aromatic heterocycles. The van der Waals surface area contributed by atoms with Crippen LogP contribution in [-0.4, -0.2) is 47.8 Å². The molecule has 26 heavy (non-hydrogen) atoms. The third-order valence-corrected chi connectivity index (χ3v) is 6.24. The first kappa shape index (κ1) is 19.5. The molecule has 0 bridgehead atoms. The first-order chi connectivity index (χ1) is 12.4. The lowest BCUT2D eigenvalue weighted by molar-refractivity contribution is 0.0685. The van der Waals surface area contributed by atoms with Gasteiger partial charge in [0.1, 0.15) is 0 Å². The number of hydrogen-bond donors (Lipinski definition) is 0. The zero-order valence-corrected chi connectivity index (χ0v) is 16.9. The van der Waals surface area contributed by atoms with Crippen molar-refractivity contribution in [1.29, 1.82) is 0 Å². The highest BCUT2D eigenvalue weighted by Crippen LogP contribution is 2.30. The number of halogens is 2. The Kier molecular flexibility index (Phi) is 6.13. The van der Waals surface area contributed by atoms with E-state index in [0.717, 1.165) is 51.9 Å². The summed E-state index contributed by atoms with van der Waals surface area (Å²) in [5, 5.41) is 0.518. The first-order valence-electron chi connectivity index (χ1n) is 9.44. The minimum atomic E-state index is -0.141. The highest BCUT2D eigenvalue weighted by atomic mass is 35.5. The molecule has 0 spiro atoms. The summed E-state index contributed by atoms with van der Waals surface area (Å²) in [6.07, 6.45) is 4.00. The Morgan fingerprint density at radius 2 is 1.19 bits per heavy atom. The van der Waals surface area contributed by atoms with Gasteiger partial charge in [-0.25, -0.2) is 0 Å². The predicted molar refractivity (Wildman–Crippen MR) is 105 cm³/mol. The summed E-state index contributed by atoms with van der Waals surface area (Å²) < 4.78 is 0. The molecule has 4 nitrogen and oxygen atoms in total. The number of benzene rings is 1. The van der Waals surface area contributed by atoms with Crippen LogP contribution in [0.4, 0.5) is 0 Å². The average molecular weight is 397 g/mol. The molecular weight excluding hydrogens is 371 g/mol. The zero-order valence-electron chi connectivity index (χ0n) is 15.4. The van der Waals surface area contributed by atoms with E-state index in [1.54, 1.807) is 17.0 Å². The summed E-state index contributed by atoms with van der Waals surface area (Å²) in [6, 6.07) is 3.18. The quantitative estimate of drug-likeness (QED) is 0.724. The maximum atomic E-state index is 12.8. The molecule has 0 N–H and O–H groups in total. The van der Waals surface area contributed by atoms with Crippen LogP contribution in [0.1, 0.15) is 60.2 Å². The minimum Gasteiger partial charge on any atom is -0.339 e. The number of rotatable bonds is 2. The summed E-state index contributed by atoms with van der Waals surface area (Å²) >= 11 is 12.8. The van der Waals surface area contributed by atoms with Gasteiger partial charge in [0.05, 0.1) is 15.6 Å². The van der Waals surface area contributed by atoms with E-state index in [-0.39, 0.29) is 21.9 Å². The maximum Gasteiger partial charge on any atom is 0.256 e. The second kappa shape index (κ2) is 8.18. The number of carbonyl (C=O) groups is 2. The Bertz CT molecular complexity index is 668. The smallest absolute Gasteiger partial charge is 0.256 e. The van der Waals surface area contributed by atoms with E-state index in [1.165, 1.54) is 0 Å². The number of carbonyl (C=O) groups excluding carboxylic acids is 2. The molecule has 142 valence electrons. The molecule has 2 amide bonds. The van der Waals surface area contributed by atoms with Gasteiger partial charge in [-0.2, -0.15) is 0 Å². The molecule has 1 aromatic rings. The van der Waals surface area contributed by atoms with Crippen molar-refractivity contribution in [2.75, 3.05) is 26.2 Å². The SMILES string of the molecule is CC1CCN(C(=O)c2cc(Cl)c(C(=O)N3CCC(C)CC3)c(Cl)c2)CC1. The Hall–Kier alpha value is -1.26. The van der Waals surface area contributed by atoms with E-state index >= 15 is 0 Å². The Morgan fingerprint density at radius 3 is 1.62 bits per heavy atom. The second-order valence-electron chi connectivity index (χ2n) is 7.76. The molecule has 0 atom stereocenters. The van der Waals surface area contributed by atoms with Crippen LogP contribution in [0, 0.1) is 11.8 Å². The second-order valence-corrected chi connectivity index (χ2v) is 8.58. The molecule has 0 saturated carbocycles. The molecule has 3 rings (SSSR count). The van der Waals surface area contributed by atoms with Crippen molar-refractivity contribution in [3.05, 3.63) is 33.3 Å². The Balaban J connectivity index is 1.78. The van der Waals surface area contributed by atoms with Crippen LogP contribution in [0.3, 0.4) is 0 Å². The molecule has 2 aliphatic heterocycles. The minimum absolute atomic E-state index is 0.0634. The Labute approximate surface area is 165 Å². The number of amides is 2. The van der Waals surface area contributed by atoms with E-state index in [9.17, 15) is 9.59 Å². The third kappa shape index (κ3) is 4.17. The van der Waals surface area contributed by atoms with E-state index in [4.69, 9.17) is 23.2 Å². The van der Waals surface area contributed by atoms with E-state index < -0.39 is 0 Å². The monoisotopic (exact) mass is 396 g/mol. The summed E-state index contributed by atoms with van der Waals surface area (Å²) in [4.78, 5) is 29.2. The summed E-state index contributed by atoms with van der Waals surface area (Å²) in [5.74, 6) is 1.08. The summed E-state index contributed by atoms with van der Waals surface area (Å²) in [6.45, 7) is 7.35. The Morgan fingerprint density at radius 1 is 0.808 bits per heavy atom. The van der Waals surface area contributed by atoms with Gasteiger partial charge in [-0.1, -0.05) is 37.0 Å². The fraction of sp³-hybridized carbons (Fsp3) is 0.600. The van der Waals surface area contributed by atoms with Gasteiger partial charge >= 0.3 is 0 Å². The lowest BCUT2D eigenvalue weighted by Gasteiger charge is -2.31. The molecule has 2 heterocycles. The standard InChI is InChI=1S/C20H26Cl2N2O2/c1-13-3-7-23(8-4-13)19(25)15-11-16(21)18(17(22)12-15)20(26)24-9-5-14(2)6-10-24/h11-14H,3-10H2,1-2H3. The molecular formula is C20H26Cl2N2O2. The number of hydrogen-bond acceptors (Lipinski definition) is 2. The third-order valence-electron chi connectivity index (χ3n) is 5.64. The maximum absolute atomic E-state index is 12.8. The highest BCUT2D eigenvalue weighted by molar-refractivity contribution is 6.40. The topological polar surface area (TPSA) is 40.6 Å². The summed E-state index contributed by atoms with van der Waals surface area (Å²) in [5.41, 5.74) is 0.769. The van der Waals surface area contributed by atoms with E-state index in [2.05, 4.69) is 13.8 Å². The van der Waals surface area contributed by atoms with Crippen LogP contribution in [-0.2, 0) is 0 Å². The van der Waals surface area contributed by atoms with Crippen molar-refractivity contribution < 1.29 is 9.59 Å². The molecule has 1 aromatic carbocycles. The first-order valence-corrected chi connectivity index (χ1v) is 10.2. The van der Waals surface area contributed by atoms with Gasteiger partial charge in [-0.3, -0.25) is 9.59 Å². The summed E-state index contributed by atoms with van der Waals surface area (Å²) in [7, 11) is 0. The number of likely N-dealkylation sites (tertiary alicyclic amines) is 2. The molecule has 0 unspecified atom stereocenters. The van der Waals surface area contributed by atoms with Crippen LogP contribution < -0.4 is 0 Å². The van der Waals surface area contributed by atoms with Crippen LogP contribution in [0.25, 0.3) is 0 Å². The van der Waals surface area contributed by atoms with Crippen molar-refractivity contribution in [2.24, 2.45) is 11.8 Å². The number of nitrogens with zero attached hydrogens (tertiary/aromatic N) is 2. The largest absolute Gasteiger partial charge is 0.339 e. The molecule has 0 radical (unpaired) electrons. The van der Waals surface area contributed by atoms with E-state index in [0.29, 0.717) is 23.0 Å². The molecule has 2 saturated heterocycles. The normalized spacial score (nSPS) is 19.7. The van der Waals surface area contributed by atoms with Crippen LogP contribution in [0.2, 0.25) is 10.0 Å². The van der Waals surface area contributed by atoms with E-state index in [1.807, 2.05) is 4.90 Å². The van der Waals surface area contributed by atoms with Gasteiger partial charge in [0.25, 0.3) is 11.8 Å².